The van der Waals surface area contributed by atoms with Gasteiger partial charge in [0.1, 0.15) is 10.7 Å². The van der Waals surface area contributed by atoms with Gasteiger partial charge in [0.2, 0.25) is 10.0 Å². The number of nitrogens with one attached hydrogen (secondary N) is 2. The van der Waals surface area contributed by atoms with E-state index in [-0.39, 0.29) is 18.5 Å². The normalized spacial score (nSPS) is 12.0. The Morgan fingerprint density at radius 2 is 1.70 bits per heavy atom. The first-order valence-electron chi connectivity index (χ1n) is 7.78. The summed E-state index contributed by atoms with van der Waals surface area (Å²) in [4.78, 5) is 10.6. The molecule has 0 aromatic heterocycles. The largest absolute Gasteiger partial charge is 0.416 e. The molecule has 0 fully saturated rings. The average molecular weight is 404 g/mol. The molecular weight excluding hydrogens is 388 g/mol. The van der Waals surface area contributed by atoms with E-state index in [2.05, 4.69) is 5.32 Å². The maximum absolute atomic E-state index is 13.8. The zero-order chi connectivity index (χ0) is 20.2. The second-order valence-corrected chi connectivity index (χ2v) is 7.26. The SMILES string of the molecule is CCNC(=O)c1ccc(CNS(=O)(=O)c2cc(C(F)(F)F)ccc2F)cc1. The van der Waals surface area contributed by atoms with Gasteiger partial charge in [0.25, 0.3) is 5.91 Å². The van der Waals surface area contributed by atoms with E-state index in [1.54, 1.807) is 6.92 Å². The summed E-state index contributed by atoms with van der Waals surface area (Å²) < 4.78 is 78.4. The van der Waals surface area contributed by atoms with Crippen molar-refractivity contribution in [2.45, 2.75) is 24.5 Å². The summed E-state index contributed by atoms with van der Waals surface area (Å²) in [5.41, 5.74) is -0.457. The molecule has 10 heteroatoms. The van der Waals surface area contributed by atoms with Crippen LogP contribution in [-0.4, -0.2) is 20.9 Å². The summed E-state index contributed by atoms with van der Waals surface area (Å²) in [6.45, 7) is 1.92. The summed E-state index contributed by atoms with van der Waals surface area (Å²) in [6.07, 6.45) is -4.80. The van der Waals surface area contributed by atoms with E-state index >= 15 is 0 Å². The Hall–Kier alpha value is -2.46. The van der Waals surface area contributed by atoms with Crippen LogP contribution in [0.25, 0.3) is 0 Å². The maximum Gasteiger partial charge on any atom is 0.416 e. The molecule has 2 aromatic rings. The quantitative estimate of drug-likeness (QED) is 0.727. The van der Waals surface area contributed by atoms with Gasteiger partial charge in [0.15, 0.2) is 0 Å². The lowest BCUT2D eigenvalue weighted by molar-refractivity contribution is -0.137. The number of alkyl halides is 3. The van der Waals surface area contributed by atoms with Crippen LogP contribution >= 0.6 is 0 Å². The summed E-state index contributed by atoms with van der Waals surface area (Å²) in [6, 6.07) is 7.08. The number of carbonyl (C=O) groups is 1. The highest BCUT2D eigenvalue weighted by molar-refractivity contribution is 7.89. The van der Waals surface area contributed by atoms with Crippen molar-refractivity contribution in [3.8, 4) is 0 Å². The van der Waals surface area contributed by atoms with Crippen LogP contribution in [0.1, 0.15) is 28.4 Å². The molecule has 5 nitrogen and oxygen atoms in total. The lowest BCUT2D eigenvalue weighted by Crippen LogP contribution is -2.25. The Morgan fingerprint density at radius 3 is 2.26 bits per heavy atom. The van der Waals surface area contributed by atoms with Crippen molar-refractivity contribution in [3.63, 3.8) is 0 Å². The predicted molar refractivity (Wildman–Crippen MR) is 89.9 cm³/mol. The molecule has 0 spiro atoms. The van der Waals surface area contributed by atoms with Crippen LogP contribution in [0.3, 0.4) is 0 Å². The van der Waals surface area contributed by atoms with Crippen molar-refractivity contribution < 1.29 is 30.8 Å². The second kappa shape index (κ2) is 8.05. The lowest BCUT2D eigenvalue weighted by atomic mass is 10.1. The highest BCUT2D eigenvalue weighted by Crippen LogP contribution is 2.31. The first-order valence-corrected chi connectivity index (χ1v) is 9.26. The molecule has 2 rings (SSSR count). The van der Waals surface area contributed by atoms with Gasteiger partial charge in [-0.05, 0) is 42.8 Å². The molecule has 0 heterocycles. The van der Waals surface area contributed by atoms with Gasteiger partial charge >= 0.3 is 6.18 Å². The van der Waals surface area contributed by atoms with Gasteiger partial charge in [-0.2, -0.15) is 13.2 Å². The van der Waals surface area contributed by atoms with Crippen LogP contribution < -0.4 is 10.0 Å². The van der Waals surface area contributed by atoms with E-state index in [4.69, 9.17) is 0 Å². The average Bonchev–Trinajstić information content (AvgIpc) is 2.60. The van der Waals surface area contributed by atoms with E-state index in [1.807, 2.05) is 4.72 Å². The van der Waals surface area contributed by atoms with Crippen molar-refractivity contribution in [2.75, 3.05) is 6.54 Å². The molecule has 0 saturated heterocycles. The smallest absolute Gasteiger partial charge is 0.352 e. The third-order valence-electron chi connectivity index (χ3n) is 3.57. The second-order valence-electron chi connectivity index (χ2n) is 5.52. The molecule has 0 aliphatic carbocycles. The number of benzene rings is 2. The van der Waals surface area contributed by atoms with Gasteiger partial charge in [-0.1, -0.05) is 12.1 Å². The Morgan fingerprint density at radius 1 is 1.07 bits per heavy atom. The molecule has 0 bridgehead atoms. The van der Waals surface area contributed by atoms with Crippen LogP contribution in [0, 0.1) is 5.82 Å². The number of carbonyl (C=O) groups excluding carboxylic acids is 1. The molecule has 2 N–H and O–H groups in total. The van der Waals surface area contributed by atoms with Gasteiger partial charge in [0.05, 0.1) is 5.56 Å². The van der Waals surface area contributed by atoms with E-state index in [0.29, 0.717) is 29.8 Å². The topological polar surface area (TPSA) is 75.3 Å². The summed E-state index contributed by atoms with van der Waals surface area (Å²) in [5.74, 6) is -1.59. The van der Waals surface area contributed by atoms with Gasteiger partial charge in [-0.3, -0.25) is 4.79 Å². The molecule has 0 radical (unpaired) electrons. The van der Waals surface area contributed by atoms with Gasteiger partial charge in [0, 0.05) is 18.7 Å². The minimum atomic E-state index is -4.80. The number of hydrogen-bond acceptors (Lipinski definition) is 3. The Labute approximate surface area is 153 Å². The molecule has 0 atom stereocenters. The van der Waals surface area contributed by atoms with Crippen LogP contribution in [-0.2, 0) is 22.7 Å². The first-order chi connectivity index (χ1) is 12.5. The molecule has 1 amide bonds. The van der Waals surface area contributed by atoms with E-state index in [0.717, 1.165) is 0 Å². The van der Waals surface area contributed by atoms with Crippen LogP contribution in [0.2, 0.25) is 0 Å². The number of rotatable bonds is 6. The van der Waals surface area contributed by atoms with Crippen molar-refractivity contribution in [1.29, 1.82) is 0 Å². The van der Waals surface area contributed by atoms with Gasteiger partial charge in [-0.25, -0.2) is 17.5 Å². The van der Waals surface area contributed by atoms with Crippen LogP contribution in [0.15, 0.2) is 47.4 Å². The monoisotopic (exact) mass is 404 g/mol. The zero-order valence-corrected chi connectivity index (χ0v) is 14.9. The standard InChI is InChI=1S/C17H16F4N2O3S/c1-2-22-16(24)12-5-3-11(4-6-12)10-23-27(25,26)15-9-13(17(19,20)21)7-8-14(15)18/h3-9,23H,2,10H2,1H3,(H,22,24). The molecule has 0 unspecified atom stereocenters. The molecule has 146 valence electrons. The fourth-order valence-corrected chi connectivity index (χ4v) is 3.30. The summed E-state index contributed by atoms with van der Waals surface area (Å²) in [7, 11) is -4.51. The Bertz CT molecular complexity index is 926. The number of amides is 1. The molecule has 0 aliphatic rings. The van der Waals surface area contributed by atoms with Crippen LogP contribution in [0.5, 0.6) is 0 Å². The van der Waals surface area contributed by atoms with E-state index < -0.39 is 32.5 Å². The lowest BCUT2D eigenvalue weighted by Gasteiger charge is -2.11. The van der Waals surface area contributed by atoms with Gasteiger partial charge < -0.3 is 5.32 Å². The minimum Gasteiger partial charge on any atom is -0.352 e. The third kappa shape index (κ3) is 5.27. The Kier molecular flexibility index (Phi) is 6.22. The number of hydrogen-bond donors (Lipinski definition) is 2. The third-order valence-corrected chi connectivity index (χ3v) is 4.98. The van der Waals surface area contributed by atoms with Gasteiger partial charge in [-0.15, -0.1) is 0 Å². The molecule has 0 aliphatic heterocycles. The van der Waals surface area contributed by atoms with Crippen molar-refractivity contribution >= 4 is 15.9 Å². The summed E-state index contributed by atoms with van der Waals surface area (Å²) >= 11 is 0. The Balaban J connectivity index is 2.17. The maximum atomic E-state index is 13.8. The zero-order valence-electron chi connectivity index (χ0n) is 14.1. The fraction of sp³-hybridized carbons (Fsp3) is 0.235. The number of halogens is 4. The molecule has 27 heavy (non-hydrogen) atoms. The van der Waals surface area contributed by atoms with Crippen molar-refractivity contribution in [1.82, 2.24) is 10.0 Å². The number of sulfonamides is 1. The molecule has 2 aromatic carbocycles. The first kappa shape index (κ1) is 20.8. The van der Waals surface area contributed by atoms with Crippen molar-refractivity contribution in [2.24, 2.45) is 0 Å². The van der Waals surface area contributed by atoms with Crippen molar-refractivity contribution in [3.05, 3.63) is 65.0 Å². The van der Waals surface area contributed by atoms with Crippen LogP contribution in [0.4, 0.5) is 17.6 Å². The summed E-state index contributed by atoms with van der Waals surface area (Å²) in [5, 5.41) is 2.60. The molecular formula is C17H16F4N2O3S. The fourth-order valence-electron chi connectivity index (χ4n) is 2.18. The predicted octanol–water partition coefficient (Wildman–Crippen LogP) is 3.07. The minimum absolute atomic E-state index is 0.246. The van der Waals surface area contributed by atoms with E-state index in [9.17, 15) is 30.8 Å². The highest BCUT2D eigenvalue weighted by atomic mass is 32.2. The molecule has 0 saturated carbocycles. The van der Waals surface area contributed by atoms with E-state index in [1.165, 1.54) is 24.3 Å². The highest BCUT2D eigenvalue weighted by Gasteiger charge is 2.33.